The minimum Gasteiger partial charge on any atom is -0.345 e. The summed E-state index contributed by atoms with van der Waals surface area (Å²) in [5.41, 5.74) is 3.71. The van der Waals surface area contributed by atoms with Gasteiger partial charge in [-0.1, -0.05) is 26.0 Å². The SMILES string of the molecule is CCN(CC)S(=O)(=O)c1ccc([C@@H](C)NC(=O)c2cc(C)n(C3CC3)c2C)cc1. The standard InChI is InChI=1S/C22H31N3O3S/c1-6-24(7-2)29(27,28)20-12-8-18(9-13-20)16(4)23-22(26)21-14-15(3)25(17(21)5)19-10-11-19/h8-9,12-14,16,19H,6-7,10-11H2,1-5H3,(H,23,26)/t16-/m1/s1. The maximum absolute atomic E-state index is 12.8. The van der Waals surface area contributed by atoms with Crippen molar-refractivity contribution >= 4 is 15.9 Å². The number of nitrogens with zero attached hydrogens (tertiary/aromatic N) is 2. The maximum atomic E-state index is 12.8. The number of rotatable bonds is 8. The molecule has 158 valence electrons. The number of amides is 1. The largest absolute Gasteiger partial charge is 0.345 e. The van der Waals surface area contributed by atoms with Crippen molar-refractivity contribution in [3.05, 3.63) is 52.8 Å². The normalized spacial score (nSPS) is 15.5. The number of carbonyl (C=O) groups excluding carboxylic acids is 1. The lowest BCUT2D eigenvalue weighted by Crippen LogP contribution is -2.30. The fraction of sp³-hybridized carbons (Fsp3) is 0.500. The first-order valence-electron chi connectivity index (χ1n) is 10.3. The second kappa shape index (κ2) is 8.32. The van der Waals surface area contributed by atoms with E-state index in [1.807, 2.05) is 40.7 Å². The summed E-state index contributed by atoms with van der Waals surface area (Å²) in [6.07, 6.45) is 2.35. The summed E-state index contributed by atoms with van der Waals surface area (Å²) < 4.78 is 28.9. The zero-order valence-corrected chi connectivity index (χ0v) is 18.7. The topological polar surface area (TPSA) is 71.4 Å². The molecule has 1 aliphatic rings. The molecule has 0 aliphatic heterocycles. The quantitative estimate of drug-likeness (QED) is 0.707. The van der Waals surface area contributed by atoms with Crippen molar-refractivity contribution in [1.29, 1.82) is 0 Å². The van der Waals surface area contributed by atoms with Crippen LogP contribution in [0, 0.1) is 13.8 Å². The third kappa shape index (κ3) is 4.26. The lowest BCUT2D eigenvalue weighted by atomic mass is 10.1. The van der Waals surface area contributed by atoms with Crippen LogP contribution in [0.1, 0.15) is 73.0 Å². The monoisotopic (exact) mass is 417 g/mol. The van der Waals surface area contributed by atoms with Gasteiger partial charge in [-0.05, 0) is 57.4 Å². The first kappa shape index (κ1) is 21.6. The smallest absolute Gasteiger partial charge is 0.253 e. The van der Waals surface area contributed by atoms with Crippen molar-refractivity contribution in [3.8, 4) is 0 Å². The van der Waals surface area contributed by atoms with E-state index in [4.69, 9.17) is 0 Å². The van der Waals surface area contributed by atoms with Crippen LogP contribution in [0.5, 0.6) is 0 Å². The van der Waals surface area contributed by atoms with Crippen molar-refractivity contribution in [2.24, 2.45) is 0 Å². The molecule has 0 saturated heterocycles. The fourth-order valence-corrected chi connectivity index (χ4v) is 5.36. The number of nitrogens with one attached hydrogen (secondary N) is 1. The van der Waals surface area contributed by atoms with Crippen LogP contribution in [-0.4, -0.2) is 36.3 Å². The van der Waals surface area contributed by atoms with Gasteiger partial charge in [0.25, 0.3) is 5.91 Å². The average Bonchev–Trinajstić information content (AvgIpc) is 3.47. The molecule has 1 amide bonds. The molecule has 1 aliphatic carbocycles. The molecule has 1 N–H and O–H groups in total. The number of hydrogen-bond acceptors (Lipinski definition) is 3. The van der Waals surface area contributed by atoms with Crippen LogP contribution in [-0.2, 0) is 10.0 Å². The number of aryl methyl sites for hydroxylation is 1. The molecule has 0 radical (unpaired) electrons. The Bertz CT molecular complexity index is 985. The van der Waals surface area contributed by atoms with Crippen LogP contribution in [0.15, 0.2) is 35.2 Å². The minimum atomic E-state index is -3.48. The van der Waals surface area contributed by atoms with Crippen molar-refractivity contribution in [3.63, 3.8) is 0 Å². The molecule has 3 rings (SSSR count). The molecule has 6 nitrogen and oxygen atoms in total. The number of aromatic nitrogens is 1. The van der Waals surface area contributed by atoms with Crippen molar-refractivity contribution in [2.45, 2.75) is 64.4 Å². The highest BCUT2D eigenvalue weighted by atomic mass is 32.2. The Hall–Kier alpha value is -2.12. The highest BCUT2D eigenvalue weighted by Crippen LogP contribution is 2.38. The Morgan fingerprint density at radius 1 is 1.17 bits per heavy atom. The van der Waals surface area contributed by atoms with Gasteiger partial charge in [-0.25, -0.2) is 8.42 Å². The van der Waals surface area contributed by atoms with E-state index in [1.165, 1.54) is 17.1 Å². The fourth-order valence-electron chi connectivity index (χ4n) is 3.90. The van der Waals surface area contributed by atoms with Gasteiger partial charge < -0.3 is 9.88 Å². The molecule has 0 spiro atoms. The molecule has 1 heterocycles. The van der Waals surface area contributed by atoms with Gasteiger partial charge in [0.05, 0.1) is 16.5 Å². The van der Waals surface area contributed by atoms with Gasteiger partial charge in [-0.15, -0.1) is 0 Å². The molecule has 0 unspecified atom stereocenters. The van der Waals surface area contributed by atoms with Gasteiger partial charge in [-0.2, -0.15) is 4.31 Å². The van der Waals surface area contributed by atoms with E-state index < -0.39 is 10.0 Å². The molecule has 1 saturated carbocycles. The number of carbonyl (C=O) groups is 1. The van der Waals surface area contributed by atoms with E-state index in [0.29, 0.717) is 24.7 Å². The Balaban J connectivity index is 1.74. The van der Waals surface area contributed by atoms with Crippen LogP contribution < -0.4 is 5.32 Å². The average molecular weight is 418 g/mol. The van der Waals surface area contributed by atoms with Crippen LogP contribution in [0.4, 0.5) is 0 Å². The van der Waals surface area contributed by atoms with Crippen molar-refractivity contribution < 1.29 is 13.2 Å². The molecule has 29 heavy (non-hydrogen) atoms. The van der Waals surface area contributed by atoms with E-state index >= 15 is 0 Å². The van der Waals surface area contributed by atoms with E-state index in [0.717, 1.165) is 17.0 Å². The summed E-state index contributed by atoms with van der Waals surface area (Å²) in [6, 6.07) is 9.04. The van der Waals surface area contributed by atoms with E-state index in [2.05, 4.69) is 9.88 Å². The summed E-state index contributed by atoms with van der Waals surface area (Å²) in [6.45, 7) is 10.5. The Morgan fingerprint density at radius 3 is 2.28 bits per heavy atom. The second-order valence-electron chi connectivity index (χ2n) is 7.74. The molecule has 1 aromatic carbocycles. The highest BCUT2D eigenvalue weighted by molar-refractivity contribution is 7.89. The zero-order chi connectivity index (χ0) is 21.3. The van der Waals surface area contributed by atoms with Gasteiger partial charge in [0.2, 0.25) is 10.0 Å². The highest BCUT2D eigenvalue weighted by Gasteiger charge is 2.28. The molecule has 0 bridgehead atoms. The molecular formula is C22H31N3O3S. The number of sulfonamides is 1. The molecule has 1 atom stereocenters. The van der Waals surface area contributed by atoms with Gasteiger partial charge in [0.1, 0.15) is 0 Å². The van der Waals surface area contributed by atoms with E-state index in [1.54, 1.807) is 24.3 Å². The minimum absolute atomic E-state index is 0.0997. The lowest BCUT2D eigenvalue weighted by molar-refractivity contribution is 0.0939. The number of hydrogen-bond donors (Lipinski definition) is 1. The predicted octanol–water partition coefficient (Wildman–Crippen LogP) is 3.96. The molecular weight excluding hydrogens is 386 g/mol. The summed E-state index contributed by atoms with van der Waals surface area (Å²) in [5, 5.41) is 3.04. The van der Waals surface area contributed by atoms with Crippen LogP contribution in [0.2, 0.25) is 0 Å². The molecule has 7 heteroatoms. The van der Waals surface area contributed by atoms with E-state index in [-0.39, 0.29) is 16.8 Å². The first-order chi connectivity index (χ1) is 13.7. The summed E-state index contributed by atoms with van der Waals surface area (Å²) in [5.74, 6) is -0.0997. The van der Waals surface area contributed by atoms with Crippen LogP contribution >= 0.6 is 0 Å². The van der Waals surface area contributed by atoms with Gasteiger partial charge in [0.15, 0.2) is 0 Å². The summed E-state index contributed by atoms with van der Waals surface area (Å²) >= 11 is 0. The molecule has 1 aromatic heterocycles. The predicted molar refractivity (Wildman–Crippen MR) is 115 cm³/mol. The van der Waals surface area contributed by atoms with Gasteiger partial charge in [-0.3, -0.25) is 4.79 Å². The van der Waals surface area contributed by atoms with Crippen LogP contribution in [0.25, 0.3) is 0 Å². The third-order valence-corrected chi connectivity index (χ3v) is 7.78. The first-order valence-corrected chi connectivity index (χ1v) is 11.7. The van der Waals surface area contributed by atoms with Gasteiger partial charge in [0, 0.05) is 30.5 Å². The third-order valence-electron chi connectivity index (χ3n) is 5.71. The molecule has 1 fully saturated rings. The van der Waals surface area contributed by atoms with Crippen LogP contribution in [0.3, 0.4) is 0 Å². The Kier molecular flexibility index (Phi) is 6.19. The summed E-state index contributed by atoms with van der Waals surface area (Å²) in [4.78, 5) is 13.1. The second-order valence-corrected chi connectivity index (χ2v) is 9.68. The lowest BCUT2D eigenvalue weighted by Gasteiger charge is -2.19. The zero-order valence-electron chi connectivity index (χ0n) is 17.9. The Morgan fingerprint density at radius 2 is 1.76 bits per heavy atom. The molecule has 2 aromatic rings. The van der Waals surface area contributed by atoms with E-state index in [9.17, 15) is 13.2 Å². The van der Waals surface area contributed by atoms with Gasteiger partial charge >= 0.3 is 0 Å². The summed E-state index contributed by atoms with van der Waals surface area (Å²) in [7, 11) is -3.48. The van der Waals surface area contributed by atoms with Crippen molar-refractivity contribution in [1.82, 2.24) is 14.2 Å². The number of benzene rings is 1. The Labute approximate surface area is 174 Å². The van der Waals surface area contributed by atoms with Crippen molar-refractivity contribution in [2.75, 3.05) is 13.1 Å². The maximum Gasteiger partial charge on any atom is 0.253 e.